The Balaban J connectivity index is 1.33. The predicted molar refractivity (Wildman–Crippen MR) is 198 cm³/mol. The van der Waals surface area contributed by atoms with Crippen LogP contribution in [0.5, 0.6) is 0 Å². The van der Waals surface area contributed by atoms with Crippen molar-refractivity contribution in [3.8, 4) is 11.1 Å². The largest absolute Gasteiger partial charge is 0.264 e. The number of benzene rings is 5. The lowest BCUT2D eigenvalue weighted by Gasteiger charge is -2.42. The molecule has 220 valence electrons. The van der Waals surface area contributed by atoms with Crippen LogP contribution in [-0.4, -0.2) is 9.73 Å². The van der Waals surface area contributed by atoms with E-state index in [0.717, 1.165) is 12.8 Å². The van der Waals surface area contributed by atoms with Gasteiger partial charge >= 0.3 is 0 Å². The van der Waals surface area contributed by atoms with Crippen molar-refractivity contribution in [2.75, 3.05) is 0 Å². The van der Waals surface area contributed by atoms with Gasteiger partial charge in [-0.2, -0.15) is 0 Å². The molecule has 0 fully saturated rings. The van der Waals surface area contributed by atoms with Crippen molar-refractivity contribution in [1.82, 2.24) is 4.98 Å². The number of hydrogen-bond acceptors (Lipinski definition) is 2. The first kappa shape index (κ1) is 27.4. The Morgan fingerprint density at radius 1 is 0.739 bits per heavy atom. The molecule has 0 saturated heterocycles. The van der Waals surface area contributed by atoms with Crippen molar-refractivity contribution >= 4 is 55.7 Å². The van der Waals surface area contributed by atoms with Gasteiger partial charge in [0.1, 0.15) is 0 Å². The minimum atomic E-state index is -0.238. The summed E-state index contributed by atoms with van der Waals surface area (Å²) in [6, 6.07) is 33.6. The van der Waals surface area contributed by atoms with Crippen molar-refractivity contribution in [2.24, 2.45) is 5.92 Å². The number of pyridine rings is 1. The van der Waals surface area contributed by atoms with E-state index in [1.807, 2.05) is 18.0 Å². The van der Waals surface area contributed by atoms with Crippen molar-refractivity contribution in [3.05, 3.63) is 168 Å². The van der Waals surface area contributed by atoms with Gasteiger partial charge in [0.15, 0.2) is 0 Å². The predicted octanol–water partition coefficient (Wildman–Crippen LogP) is 11.8. The second kappa shape index (κ2) is 10.9. The van der Waals surface area contributed by atoms with E-state index in [1.165, 1.54) is 76.2 Å². The molecule has 1 aromatic heterocycles. The Labute approximate surface area is 274 Å². The van der Waals surface area contributed by atoms with Crippen LogP contribution in [0.3, 0.4) is 0 Å². The van der Waals surface area contributed by atoms with Gasteiger partial charge in [-0.1, -0.05) is 127 Å². The van der Waals surface area contributed by atoms with Crippen LogP contribution in [0.4, 0.5) is 0 Å². The minimum Gasteiger partial charge on any atom is -0.264 e. The Kier molecular flexibility index (Phi) is 6.47. The topological polar surface area (TPSA) is 12.9 Å². The van der Waals surface area contributed by atoms with Gasteiger partial charge in [0.05, 0.1) is 4.75 Å². The fourth-order valence-corrected chi connectivity index (χ4v) is 9.59. The van der Waals surface area contributed by atoms with E-state index in [0.29, 0.717) is 0 Å². The van der Waals surface area contributed by atoms with Gasteiger partial charge in [0.2, 0.25) is 0 Å². The molecule has 1 nitrogen and oxygen atoms in total. The van der Waals surface area contributed by atoms with Gasteiger partial charge in [-0.05, 0) is 97.8 Å². The first-order valence-electron chi connectivity index (χ1n) is 16.2. The summed E-state index contributed by atoms with van der Waals surface area (Å²) in [6.45, 7) is 2.44. The number of fused-ring (bicyclic) bond motifs is 6. The third-order valence-corrected chi connectivity index (χ3v) is 11.7. The van der Waals surface area contributed by atoms with Crippen molar-refractivity contribution in [3.63, 3.8) is 0 Å². The standard InChI is InChI=1S/C44H33NS/c1-44(40-22-12-6-15-30(40)23-24-41(44)29-13-3-2-4-14-29)46-43-36-21-11-10-20-35(36)42(39-28-45-26-25-37(39)43)38-27-31-16-5-7-17-32(31)33-18-8-9-19-34(33)38/h2-4,6-15,17-28,40H,5,16H2,1H3. The summed E-state index contributed by atoms with van der Waals surface area (Å²) >= 11 is 2.01. The Hall–Kier alpha value is -4.92. The smallest absolute Gasteiger partial charge is 0.0536 e. The average Bonchev–Trinajstić information content (AvgIpc) is 3.12. The van der Waals surface area contributed by atoms with Crippen LogP contribution in [0.1, 0.15) is 30.0 Å². The molecule has 2 unspecified atom stereocenters. The number of nitrogens with zero attached hydrogens (tertiary/aromatic N) is 1. The highest BCUT2D eigenvalue weighted by molar-refractivity contribution is 8.01. The lowest BCUT2D eigenvalue weighted by atomic mass is 9.74. The van der Waals surface area contributed by atoms with E-state index in [1.54, 1.807) is 0 Å². The first-order valence-corrected chi connectivity index (χ1v) is 17.0. The molecule has 0 aliphatic heterocycles. The summed E-state index contributed by atoms with van der Waals surface area (Å²) in [5.74, 6) is 0.246. The molecule has 46 heavy (non-hydrogen) atoms. The molecule has 0 bridgehead atoms. The maximum absolute atomic E-state index is 4.75. The van der Waals surface area contributed by atoms with E-state index in [-0.39, 0.29) is 10.7 Å². The molecule has 2 heteroatoms. The van der Waals surface area contributed by atoms with Crippen molar-refractivity contribution in [1.29, 1.82) is 0 Å². The van der Waals surface area contributed by atoms with E-state index in [4.69, 9.17) is 4.98 Å². The van der Waals surface area contributed by atoms with Crippen LogP contribution in [0.2, 0.25) is 0 Å². The Morgan fingerprint density at radius 2 is 1.50 bits per heavy atom. The summed E-state index contributed by atoms with van der Waals surface area (Å²) in [6.07, 6.45) is 24.6. The summed E-state index contributed by atoms with van der Waals surface area (Å²) in [4.78, 5) is 6.06. The monoisotopic (exact) mass is 607 g/mol. The van der Waals surface area contributed by atoms with Crippen molar-refractivity contribution in [2.45, 2.75) is 29.4 Å². The molecule has 0 N–H and O–H groups in total. The average molecular weight is 608 g/mol. The molecular formula is C44H33NS. The van der Waals surface area contributed by atoms with Crippen LogP contribution in [0.15, 0.2) is 156 Å². The highest BCUT2D eigenvalue weighted by Gasteiger charge is 2.42. The number of allylic oxidation sites excluding steroid dienone is 8. The molecule has 3 aliphatic rings. The van der Waals surface area contributed by atoms with Crippen LogP contribution < -0.4 is 0 Å². The summed E-state index contributed by atoms with van der Waals surface area (Å²) in [5, 5.41) is 7.67. The zero-order chi connectivity index (χ0) is 30.7. The summed E-state index contributed by atoms with van der Waals surface area (Å²) < 4.78 is -0.238. The van der Waals surface area contributed by atoms with Gasteiger partial charge in [-0.15, -0.1) is 11.8 Å². The molecular weight excluding hydrogens is 575 g/mol. The first-order chi connectivity index (χ1) is 22.7. The maximum atomic E-state index is 4.75. The fourth-order valence-electron chi connectivity index (χ4n) is 7.95. The normalized spacial score (nSPS) is 20.1. The molecule has 1 heterocycles. The summed E-state index contributed by atoms with van der Waals surface area (Å²) in [5.41, 5.74) is 9.37. The van der Waals surface area contributed by atoms with Crippen LogP contribution in [-0.2, 0) is 6.42 Å². The lowest BCUT2D eigenvalue weighted by molar-refractivity contribution is 0.648. The molecule has 0 radical (unpaired) electrons. The number of thioether (sulfide) groups is 1. The fraction of sp³-hybridized carbons (Fsp3) is 0.114. The Morgan fingerprint density at radius 3 is 2.37 bits per heavy atom. The molecule has 0 amide bonds. The minimum absolute atomic E-state index is 0.238. The Bertz CT molecular complexity index is 2300. The highest BCUT2D eigenvalue weighted by atomic mass is 32.2. The van der Waals surface area contributed by atoms with Gasteiger partial charge in [0, 0.05) is 28.6 Å². The van der Waals surface area contributed by atoms with Crippen LogP contribution in [0.25, 0.3) is 55.1 Å². The van der Waals surface area contributed by atoms with E-state index in [9.17, 15) is 0 Å². The second-order valence-corrected chi connectivity index (χ2v) is 14.2. The maximum Gasteiger partial charge on any atom is 0.0536 e. The van der Waals surface area contributed by atoms with Gasteiger partial charge < -0.3 is 0 Å². The number of aryl methyl sites for hydroxylation is 1. The van der Waals surface area contributed by atoms with E-state index < -0.39 is 0 Å². The molecule has 0 saturated carbocycles. The van der Waals surface area contributed by atoms with Crippen LogP contribution >= 0.6 is 11.8 Å². The molecule has 0 spiro atoms. The lowest BCUT2D eigenvalue weighted by Crippen LogP contribution is -2.35. The number of aromatic nitrogens is 1. The van der Waals surface area contributed by atoms with Crippen molar-refractivity contribution < 1.29 is 0 Å². The number of hydrogen-bond donors (Lipinski definition) is 0. The zero-order valence-electron chi connectivity index (χ0n) is 25.8. The van der Waals surface area contributed by atoms with Gasteiger partial charge in [-0.3, -0.25) is 4.98 Å². The molecule has 9 rings (SSSR count). The van der Waals surface area contributed by atoms with Gasteiger partial charge in [0.25, 0.3) is 0 Å². The zero-order valence-corrected chi connectivity index (χ0v) is 26.6. The van der Waals surface area contributed by atoms with Crippen LogP contribution in [0, 0.1) is 5.92 Å². The molecule has 5 aromatic carbocycles. The molecule has 2 atom stereocenters. The van der Waals surface area contributed by atoms with E-state index >= 15 is 0 Å². The second-order valence-electron chi connectivity index (χ2n) is 12.7. The third kappa shape index (κ3) is 4.21. The number of rotatable bonds is 4. The highest BCUT2D eigenvalue weighted by Crippen LogP contribution is 2.56. The SMILES string of the molecule is CC1(Sc2c3ccccc3c(-c3cc4c(c5ccccc35)C=CCC4)c3cnccc23)C(c2ccccc2)=CC=C2C=CC=CC21. The molecule has 6 aromatic rings. The quantitative estimate of drug-likeness (QED) is 0.185. The molecule has 3 aliphatic carbocycles. The summed E-state index contributed by atoms with van der Waals surface area (Å²) in [7, 11) is 0. The third-order valence-electron chi connectivity index (χ3n) is 10.1. The van der Waals surface area contributed by atoms with E-state index in [2.05, 4.69) is 153 Å². The van der Waals surface area contributed by atoms with Gasteiger partial charge in [-0.25, -0.2) is 0 Å².